The maximum Gasteiger partial charge on any atom is 0.358 e. The van der Waals surface area contributed by atoms with Crippen LogP contribution in [-0.4, -0.2) is 32.9 Å². The first-order chi connectivity index (χ1) is 9.74. The summed E-state index contributed by atoms with van der Waals surface area (Å²) in [4.78, 5) is 11.2. The van der Waals surface area contributed by atoms with Gasteiger partial charge in [0.25, 0.3) is 0 Å². The molecule has 20 heavy (non-hydrogen) atoms. The number of ether oxygens (including phenoxy) is 2. The molecular weight excluding hydrogens is 262 g/mol. The second-order valence-electron chi connectivity index (χ2n) is 4.85. The molecular formula is C13H11N3O4. The third-order valence-electron chi connectivity index (χ3n) is 3.47. The van der Waals surface area contributed by atoms with Crippen molar-refractivity contribution in [2.45, 2.75) is 18.8 Å². The molecule has 102 valence electrons. The van der Waals surface area contributed by atoms with E-state index >= 15 is 0 Å². The Morgan fingerprint density at radius 3 is 2.85 bits per heavy atom. The van der Waals surface area contributed by atoms with E-state index < -0.39 is 5.97 Å². The molecule has 1 fully saturated rings. The number of aromatic carboxylic acids is 1. The zero-order valence-electron chi connectivity index (χ0n) is 10.4. The van der Waals surface area contributed by atoms with Crippen molar-refractivity contribution < 1.29 is 19.4 Å². The normalized spacial score (nSPS) is 16.4. The molecule has 4 rings (SSSR count). The van der Waals surface area contributed by atoms with Crippen LogP contribution in [-0.2, 0) is 0 Å². The van der Waals surface area contributed by atoms with Crippen molar-refractivity contribution in [2.24, 2.45) is 0 Å². The average molecular weight is 273 g/mol. The second kappa shape index (κ2) is 3.96. The van der Waals surface area contributed by atoms with Crippen molar-refractivity contribution in [3.63, 3.8) is 0 Å². The van der Waals surface area contributed by atoms with Gasteiger partial charge in [-0.3, -0.25) is 0 Å². The summed E-state index contributed by atoms with van der Waals surface area (Å²) in [5, 5.41) is 17.0. The van der Waals surface area contributed by atoms with Gasteiger partial charge in [-0.05, 0) is 25.0 Å². The Labute approximate surface area is 113 Å². The van der Waals surface area contributed by atoms with Gasteiger partial charge >= 0.3 is 5.97 Å². The molecule has 2 aromatic rings. The van der Waals surface area contributed by atoms with Crippen molar-refractivity contribution in [2.75, 3.05) is 6.79 Å². The lowest BCUT2D eigenvalue weighted by molar-refractivity contribution is 0.0689. The minimum absolute atomic E-state index is 0.0326. The number of hydrogen-bond donors (Lipinski definition) is 1. The van der Waals surface area contributed by atoms with Crippen LogP contribution in [0.4, 0.5) is 0 Å². The fourth-order valence-corrected chi connectivity index (χ4v) is 2.37. The SMILES string of the molecule is O=C(O)c1nnn(-c2ccc3c(c2)OCO3)c1C1CC1. The van der Waals surface area contributed by atoms with Crippen molar-refractivity contribution in [1.82, 2.24) is 15.0 Å². The first kappa shape index (κ1) is 11.3. The van der Waals surface area contributed by atoms with Gasteiger partial charge in [-0.25, -0.2) is 9.48 Å². The lowest BCUT2D eigenvalue weighted by Crippen LogP contribution is -2.05. The van der Waals surface area contributed by atoms with Gasteiger partial charge in [-0.1, -0.05) is 5.21 Å². The zero-order chi connectivity index (χ0) is 13.7. The molecule has 1 aromatic heterocycles. The highest BCUT2D eigenvalue weighted by Crippen LogP contribution is 2.42. The molecule has 1 aliphatic heterocycles. The predicted molar refractivity (Wildman–Crippen MR) is 66.4 cm³/mol. The van der Waals surface area contributed by atoms with Gasteiger partial charge in [0.05, 0.1) is 11.4 Å². The summed E-state index contributed by atoms with van der Waals surface area (Å²) < 4.78 is 12.2. The summed E-state index contributed by atoms with van der Waals surface area (Å²) >= 11 is 0. The van der Waals surface area contributed by atoms with Crippen LogP contribution in [0.25, 0.3) is 5.69 Å². The van der Waals surface area contributed by atoms with Gasteiger partial charge in [0.2, 0.25) is 6.79 Å². The molecule has 1 aromatic carbocycles. The fraction of sp³-hybridized carbons (Fsp3) is 0.308. The minimum atomic E-state index is -1.04. The third kappa shape index (κ3) is 1.63. The molecule has 0 unspecified atom stereocenters. The molecule has 0 saturated heterocycles. The maximum atomic E-state index is 11.2. The summed E-state index contributed by atoms with van der Waals surface area (Å²) in [5.74, 6) is 0.498. The van der Waals surface area contributed by atoms with E-state index in [1.165, 1.54) is 0 Å². The molecule has 2 aliphatic rings. The van der Waals surface area contributed by atoms with Crippen LogP contribution in [0.1, 0.15) is 34.9 Å². The van der Waals surface area contributed by atoms with E-state index in [0.717, 1.165) is 18.5 Å². The Bertz CT molecular complexity index is 706. The molecule has 7 heteroatoms. The first-order valence-electron chi connectivity index (χ1n) is 6.33. The van der Waals surface area contributed by atoms with Crippen LogP contribution in [0.2, 0.25) is 0 Å². The van der Waals surface area contributed by atoms with Crippen LogP contribution >= 0.6 is 0 Å². The summed E-state index contributed by atoms with van der Waals surface area (Å²) in [6.45, 7) is 0.200. The molecule has 2 heterocycles. The standard InChI is InChI=1S/C13H11N3O4/c17-13(18)11-12(7-1-2-7)16(15-14-11)8-3-4-9-10(5-8)20-6-19-9/h3-5,7H,1-2,6H2,(H,17,18). The Morgan fingerprint density at radius 2 is 2.10 bits per heavy atom. The van der Waals surface area contributed by atoms with E-state index in [-0.39, 0.29) is 18.4 Å². The molecule has 1 aliphatic carbocycles. The Kier molecular flexibility index (Phi) is 2.23. The number of benzene rings is 1. The van der Waals surface area contributed by atoms with Crippen LogP contribution in [0, 0.1) is 0 Å². The minimum Gasteiger partial charge on any atom is -0.476 e. The smallest absolute Gasteiger partial charge is 0.358 e. The lowest BCUT2D eigenvalue weighted by atomic mass is 10.2. The van der Waals surface area contributed by atoms with Gasteiger partial charge in [-0.15, -0.1) is 5.10 Å². The van der Waals surface area contributed by atoms with E-state index in [4.69, 9.17) is 9.47 Å². The molecule has 0 atom stereocenters. The lowest BCUT2D eigenvalue weighted by Gasteiger charge is -2.06. The highest BCUT2D eigenvalue weighted by atomic mass is 16.7. The van der Waals surface area contributed by atoms with Gasteiger partial charge in [0.15, 0.2) is 17.2 Å². The molecule has 0 bridgehead atoms. The highest BCUT2D eigenvalue weighted by molar-refractivity contribution is 5.87. The number of fused-ring (bicyclic) bond motifs is 1. The van der Waals surface area contributed by atoms with Crippen molar-refractivity contribution in [3.8, 4) is 17.2 Å². The number of hydrogen-bond acceptors (Lipinski definition) is 5. The number of carboxylic acids is 1. The van der Waals surface area contributed by atoms with Gasteiger partial charge < -0.3 is 14.6 Å². The predicted octanol–water partition coefficient (Wildman–Crippen LogP) is 1.57. The number of carboxylic acid groups (broad SMARTS) is 1. The molecule has 1 N–H and O–H groups in total. The summed E-state index contributed by atoms with van der Waals surface area (Å²) in [6, 6.07) is 5.39. The number of aromatic nitrogens is 3. The molecule has 7 nitrogen and oxygen atoms in total. The van der Waals surface area contributed by atoms with E-state index in [9.17, 15) is 9.90 Å². The van der Waals surface area contributed by atoms with E-state index in [0.29, 0.717) is 17.2 Å². The third-order valence-corrected chi connectivity index (χ3v) is 3.47. The molecule has 0 radical (unpaired) electrons. The quantitative estimate of drug-likeness (QED) is 0.913. The summed E-state index contributed by atoms with van der Waals surface area (Å²) in [5.41, 5.74) is 1.43. The van der Waals surface area contributed by atoms with Gasteiger partial charge in [0, 0.05) is 12.0 Å². The van der Waals surface area contributed by atoms with Crippen LogP contribution in [0.5, 0.6) is 11.5 Å². The van der Waals surface area contributed by atoms with Crippen molar-refractivity contribution in [1.29, 1.82) is 0 Å². The monoisotopic (exact) mass is 273 g/mol. The number of nitrogens with zero attached hydrogens (tertiary/aromatic N) is 3. The summed E-state index contributed by atoms with van der Waals surface area (Å²) in [7, 11) is 0. The maximum absolute atomic E-state index is 11.2. The largest absolute Gasteiger partial charge is 0.476 e. The molecule has 1 saturated carbocycles. The van der Waals surface area contributed by atoms with Crippen LogP contribution < -0.4 is 9.47 Å². The topological polar surface area (TPSA) is 86.5 Å². The van der Waals surface area contributed by atoms with Crippen LogP contribution in [0.3, 0.4) is 0 Å². The highest BCUT2D eigenvalue weighted by Gasteiger charge is 2.34. The van der Waals surface area contributed by atoms with Crippen LogP contribution in [0.15, 0.2) is 18.2 Å². The van der Waals surface area contributed by atoms with E-state index in [2.05, 4.69) is 10.3 Å². The Hall–Kier alpha value is -2.57. The van der Waals surface area contributed by atoms with E-state index in [1.807, 2.05) is 6.07 Å². The number of rotatable bonds is 3. The van der Waals surface area contributed by atoms with Gasteiger partial charge in [0.1, 0.15) is 0 Å². The fourth-order valence-electron chi connectivity index (χ4n) is 2.37. The van der Waals surface area contributed by atoms with E-state index in [1.54, 1.807) is 16.8 Å². The number of carbonyl (C=O) groups is 1. The molecule has 0 amide bonds. The molecule has 0 spiro atoms. The Balaban J connectivity index is 1.84. The first-order valence-corrected chi connectivity index (χ1v) is 6.33. The second-order valence-corrected chi connectivity index (χ2v) is 4.85. The van der Waals surface area contributed by atoms with Gasteiger partial charge in [-0.2, -0.15) is 0 Å². The zero-order valence-corrected chi connectivity index (χ0v) is 10.4. The average Bonchev–Trinajstić information content (AvgIpc) is 3.02. The Morgan fingerprint density at radius 1 is 1.30 bits per heavy atom. The van der Waals surface area contributed by atoms with Crippen molar-refractivity contribution in [3.05, 3.63) is 29.6 Å². The summed E-state index contributed by atoms with van der Waals surface area (Å²) in [6.07, 6.45) is 1.94. The van der Waals surface area contributed by atoms with Crippen molar-refractivity contribution >= 4 is 5.97 Å².